The molecule has 3 aliphatic rings. The lowest BCUT2D eigenvalue weighted by atomic mass is 9.83. The van der Waals surface area contributed by atoms with Crippen LogP contribution in [0.4, 0.5) is 0 Å². The van der Waals surface area contributed by atoms with Gasteiger partial charge in [0.25, 0.3) is 0 Å². The van der Waals surface area contributed by atoms with Crippen molar-refractivity contribution < 1.29 is 4.74 Å². The van der Waals surface area contributed by atoms with Crippen LogP contribution in [0.15, 0.2) is 36.8 Å². The summed E-state index contributed by atoms with van der Waals surface area (Å²) in [5.41, 5.74) is 3.37. The second kappa shape index (κ2) is 5.55. The Labute approximate surface area is 142 Å². The van der Waals surface area contributed by atoms with E-state index in [4.69, 9.17) is 4.74 Å². The number of aromatic nitrogens is 2. The number of benzene rings is 1. The maximum Gasteiger partial charge on any atom is 0.124 e. The Morgan fingerprint density at radius 2 is 2.00 bits per heavy atom. The second-order valence-electron chi connectivity index (χ2n) is 7.50. The first-order valence-corrected chi connectivity index (χ1v) is 9.14. The number of nitrogens with zero attached hydrogens (tertiary/aromatic N) is 3. The predicted octanol–water partition coefficient (Wildman–Crippen LogP) is 3.47. The fourth-order valence-corrected chi connectivity index (χ4v) is 4.35. The minimum atomic E-state index is 0.0313. The van der Waals surface area contributed by atoms with Gasteiger partial charge in [0, 0.05) is 56.4 Å². The molecule has 1 aromatic carbocycles. The lowest BCUT2D eigenvalue weighted by Gasteiger charge is -2.45. The Morgan fingerprint density at radius 3 is 2.71 bits per heavy atom. The molecule has 2 aromatic rings. The summed E-state index contributed by atoms with van der Waals surface area (Å²) in [7, 11) is 0. The highest BCUT2D eigenvalue weighted by atomic mass is 16.5. The van der Waals surface area contributed by atoms with Crippen LogP contribution in [-0.2, 0) is 6.42 Å². The van der Waals surface area contributed by atoms with Crippen LogP contribution in [-0.4, -0.2) is 39.6 Å². The summed E-state index contributed by atoms with van der Waals surface area (Å²) >= 11 is 0. The summed E-state index contributed by atoms with van der Waals surface area (Å²) in [5, 5.41) is 0. The molecule has 24 heavy (non-hydrogen) atoms. The minimum Gasteiger partial charge on any atom is -0.487 e. The molecule has 3 heterocycles. The predicted molar refractivity (Wildman–Crippen MR) is 93.0 cm³/mol. The van der Waals surface area contributed by atoms with Crippen molar-refractivity contribution in [2.75, 3.05) is 13.1 Å². The first-order valence-electron chi connectivity index (χ1n) is 9.14. The molecule has 0 amide bonds. The number of hydrogen-bond donors (Lipinski definition) is 0. The van der Waals surface area contributed by atoms with Crippen molar-refractivity contribution in [3.05, 3.63) is 42.4 Å². The number of likely N-dealkylation sites (tertiary alicyclic amines) is 1. The monoisotopic (exact) mass is 321 g/mol. The van der Waals surface area contributed by atoms with E-state index in [9.17, 15) is 0 Å². The maximum absolute atomic E-state index is 6.50. The number of ether oxygens (including phenoxy) is 1. The number of fused-ring (bicyclic) bond motifs is 1. The van der Waals surface area contributed by atoms with Gasteiger partial charge in [-0.2, -0.15) is 0 Å². The lowest BCUT2D eigenvalue weighted by molar-refractivity contribution is -0.00745. The molecular weight excluding hydrogens is 298 g/mol. The molecule has 0 N–H and O–H groups in total. The molecule has 2 fully saturated rings. The Hall–Kier alpha value is -1.94. The maximum atomic E-state index is 6.50. The van der Waals surface area contributed by atoms with Crippen LogP contribution in [0, 0.1) is 0 Å². The highest BCUT2D eigenvalue weighted by molar-refractivity contribution is 5.62. The standard InChI is InChI=1S/C20H23N3O/c1-2-17(3-1)23-10-6-20(7-11-23)13-16-5-4-15(12-19(16)24-20)18-14-21-8-9-22-18/h4-5,8-9,12,14,17H,1-3,6-7,10-11,13H2. The van der Waals surface area contributed by atoms with Gasteiger partial charge in [-0.1, -0.05) is 18.6 Å². The molecule has 4 heteroatoms. The topological polar surface area (TPSA) is 38.2 Å². The molecule has 124 valence electrons. The summed E-state index contributed by atoms with van der Waals surface area (Å²) in [6, 6.07) is 7.36. The summed E-state index contributed by atoms with van der Waals surface area (Å²) in [4.78, 5) is 11.3. The van der Waals surface area contributed by atoms with E-state index in [2.05, 4.69) is 33.1 Å². The molecule has 0 bridgehead atoms. The molecule has 1 spiro atoms. The van der Waals surface area contributed by atoms with Crippen molar-refractivity contribution in [1.82, 2.24) is 14.9 Å². The zero-order chi connectivity index (χ0) is 16.0. The first kappa shape index (κ1) is 14.4. The van der Waals surface area contributed by atoms with Gasteiger partial charge in [-0.3, -0.25) is 9.97 Å². The Kier molecular flexibility index (Phi) is 3.33. The molecule has 4 nitrogen and oxygen atoms in total. The van der Waals surface area contributed by atoms with E-state index in [1.54, 1.807) is 12.4 Å². The average molecular weight is 321 g/mol. The third kappa shape index (κ3) is 2.40. The van der Waals surface area contributed by atoms with Gasteiger partial charge in [0.1, 0.15) is 11.4 Å². The highest BCUT2D eigenvalue weighted by Crippen LogP contribution is 2.43. The smallest absolute Gasteiger partial charge is 0.124 e. The van der Waals surface area contributed by atoms with Crippen molar-refractivity contribution in [3.8, 4) is 17.0 Å². The summed E-state index contributed by atoms with van der Waals surface area (Å²) in [6.45, 7) is 2.38. The summed E-state index contributed by atoms with van der Waals surface area (Å²) < 4.78 is 6.50. The van der Waals surface area contributed by atoms with Crippen LogP contribution in [0.25, 0.3) is 11.3 Å². The van der Waals surface area contributed by atoms with Gasteiger partial charge >= 0.3 is 0 Å². The number of hydrogen-bond acceptors (Lipinski definition) is 4. The molecule has 5 rings (SSSR count). The molecule has 0 atom stereocenters. The van der Waals surface area contributed by atoms with E-state index < -0.39 is 0 Å². The Balaban J connectivity index is 1.33. The molecule has 1 aromatic heterocycles. The van der Waals surface area contributed by atoms with Crippen molar-refractivity contribution >= 4 is 0 Å². The van der Waals surface area contributed by atoms with Gasteiger partial charge in [0.15, 0.2) is 0 Å². The van der Waals surface area contributed by atoms with E-state index in [0.717, 1.165) is 42.3 Å². The van der Waals surface area contributed by atoms with Crippen LogP contribution in [0.2, 0.25) is 0 Å². The summed E-state index contributed by atoms with van der Waals surface area (Å²) in [6.07, 6.45) is 12.8. The van der Waals surface area contributed by atoms with Crippen LogP contribution < -0.4 is 4.74 Å². The number of piperidine rings is 1. The third-order valence-electron chi connectivity index (χ3n) is 6.07. The summed E-state index contributed by atoms with van der Waals surface area (Å²) in [5.74, 6) is 1.05. The molecular formula is C20H23N3O. The van der Waals surface area contributed by atoms with Gasteiger partial charge < -0.3 is 9.64 Å². The molecule has 2 aliphatic heterocycles. The van der Waals surface area contributed by atoms with Gasteiger partial charge in [0.2, 0.25) is 0 Å². The van der Waals surface area contributed by atoms with E-state index in [-0.39, 0.29) is 5.60 Å². The molecule has 0 unspecified atom stereocenters. The average Bonchev–Trinajstić information content (AvgIpc) is 2.93. The first-order chi connectivity index (χ1) is 11.8. The van der Waals surface area contributed by atoms with E-state index in [1.807, 2.05) is 6.20 Å². The fraction of sp³-hybridized carbons (Fsp3) is 0.500. The van der Waals surface area contributed by atoms with E-state index in [1.165, 1.54) is 37.9 Å². The van der Waals surface area contributed by atoms with Gasteiger partial charge in [-0.05, 0) is 24.5 Å². The highest BCUT2D eigenvalue weighted by Gasteiger charge is 2.43. The van der Waals surface area contributed by atoms with Crippen molar-refractivity contribution in [3.63, 3.8) is 0 Å². The van der Waals surface area contributed by atoms with Crippen molar-refractivity contribution in [2.45, 2.75) is 50.2 Å². The second-order valence-corrected chi connectivity index (χ2v) is 7.50. The van der Waals surface area contributed by atoms with Gasteiger partial charge in [-0.15, -0.1) is 0 Å². The van der Waals surface area contributed by atoms with Crippen molar-refractivity contribution in [1.29, 1.82) is 0 Å². The van der Waals surface area contributed by atoms with Crippen LogP contribution >= 0.6 is 0 Å². The zero-order valence-electron chi connectivity index (χ0n) is 13.9. The Bertz CT molecular complexity index is 734. The largest absolute Gasteiger partial charge is 0.487 e. The van der Waals surface area contributed by atoms with Crippen LogP contribution in [0.3, 0.4) is 0 Å². The van der Waals surface area contributed by atoms with Gasteiger partial charge in [-0.25, -0.2) is 0 Å². The molecule has 1 saturated carbocycles. The fourth-order valence-electron chi connectivity index (χ4n) is 4.35. The third-order valence-corrected chi connectivity index (χ3v) is 6.07. The SMILES string of the molecule is c1cnc(-c2ccc3c(c2)OC2(CCN(C4CCC4)CC2)C3)cn1. The van der Waals surface area contributed by atoms with E-state index >= 15 is 0 Å². The minimum absolute atomic E-state index is 0.0313. The lowest BCUT2D eigenvalue weighted by Crippen LogP contribution is -2.52. The Morgan fingerprint density at radius 1 is 1.12 bits per heavy atom. The number of rotatable bonds is 2. The van der Waals surface area contributed by atoms with Crippen molar-refractivity contribution in [2.24, 2.45) is 0 Å². The molecule has 1 aliphatic carbocycles. The normalized spacial score (nSPS) is 22.8. The quantitative estimate of drug-likeness (QED) is 0.849. The van der Waals surface area contributed by atoms with Gasteiger partial charge in [0.05, 0.1) is 11.9 Å². The molecule has 1 saturated heterocycles. The van der Waals surface area contributed by atoms with Crippen LogP contribution in [0.1, 0.15) is 37.7 Å². The van der Waals surface area contributed by atoms with Crippen LogP contribution in [0.5, 0.6) is 5.75 Å². The zero-order valence-corrected chi connectivity index (χ0v) is 13.9. The molecule has 0 radical (unpaired) electrons. The van der Waals surface area contributed by atoms with E-state index in [0.29, 0.717) is 0 Å².